The number of nitrogens with one attached hydrogen (secondary N) is 1. The van der Waals surface area contributed by atoms with E-state index in [-0.39, 0.29) is 5.56 Å². The number of aryl methyl sites for hydroxylation is 1. The van der Waals surface area contributed by atoms with Crippen LogP contribution in [-0.2, 0) is 4.74 Å². The van der Waals surface area contributed by atoms with Crippen molar-refractivity contribution in [2.24, 2.45) is 0 Å². The molecule has 0 aromatic heterocycles. The maximum absolute atomic E-state index is 13.3. The van der Waals surface area contributed by atoms with Gasteiger partial charge in [-0.3, -0.25) is 4.79 Å². The summed E-state index contributed by atoms with van der Waals surface area (Å²) in [7, 11) is 1.54. The molecule has 1 aromatic carbocycles. The smallest absolute Gasteiger partial charge is 0.254 e. The molecule has 0 aliphatic carbocycles. The quantitative estimate of drug-likeness (QED) is 0.767. The molecule has 0 spiro atoms. The molecule has 82 valence electrons. The van der Waals surface area contributed by atoms with Gasteiger partial charge in [0.05, 0.1) is 12.2 Å². The van der Waals surface area contributed by atoms with Gasteiger partial charge in [0.2, 0.25) is 0 Å². The Labute approximate surface area is 88.2 Å². The molecule has 0 unspecified atom stereocenters. The molecule has 0 aliphatic rings. The zero-order valence-corrected chi connectivity index (χ0v) is 8.84. The first-order valence-electron chi connectivity index (χ1n) is 4.68. The Morgan fingerprint density at radius 3 is 2.87 bits per heavy atom. The van der Waals surface area contributed by atoms with E-state index in [1.165, 1.54) is 12.1 Å². The minimum absolute atomic E-state index is 0.0664. The van der Waals surface area contributed by atoms with Crippen LogP contribution in [-0.4, -0.2) is 26.2 Å². The van der Waals surface area contributed by atoms with Crippen LogP contribution >= 0.6 is 0 Å². The number of ether oxygens (including phenoxy) is 1. The molecule has 1 amide bonds. The predicted molar refractivity (Wildman–Crippen MR) is 55.3 cm³/mol. The normalized spacial score (nSPS) is 10.1. The first-order chi connectivity index (χ1) is 7.15. The van der Waals surface area contributed by atoms with E-state index < -0.39 is 11.7 Å². The standard InChI is InChI=1S/C11H14FNO2/c1-8-3-4-9(10(12)7-8)11(14)13-5-6-15-2/h3-4,7H,5-6H2,1-2H3,(H,13,14). The summed E-state index contributed by atoms with van der Waals surface area (Å²) in [6.07, 6.45) is 0. The lowest BCUT2D eigenvalue weighted by Crippen LogP contribution is -2.27. The van der Waals surface area contributed by atoms with Crippen molar-refractivity contribution in [3.63, 3.8) is 0 Å². The summed E-state index contributed by atoms with van der Waals surface area (Å²) in [5, 5.41) is 2.56. The van der Waals surface area contributed by atoms with E-state index in [1.54, 1.807) is 20.1 Å². The maximum atomic E-state index is 13.3. The number of hydrogen-bond donors (Lipinski definition) is 1. The molecular weight excluding hydrogens is 197 g/mol. The molecule has 0 fully saturated rings. The van der Waals surface area contributed by atoms with Crippen LogP contribution < -0.4 is 5.32 Å². The molecule has 1 rings (SSSR count). The molecule has 0 atom stereocenters. The lowest BCUT2D eigenvalue weighted by atomic mass is 10.1. The summed E-state index contributed by atoms with van der Waals surface area (Å²) < 4.78 is 18.1. The van der Waals surface area contributed by atoms with Crippen LogP contribution in [0.1, 0.15) is 15.9 Å². The Morgan fingerprint density at radius 1 is 1.53 bits per heavy atom. The molecule has 3 nitrogen and oxygen atoms in total. The van der Waals surface area contributed by atoms with Gasteiger partial charge in [-0.05, 0) is 24.6 Å². The third-order valence-corrected chi connectivity index (χ3v) is 1.96. The van der Waals surface area contributed by atoms with Crippen molar-refractivity contribution in [2.75, 3.05) is 20.3 Å². The minimum atomic E-state index is -0.495. The molecule has 1 N–H and O–H groups in total. The van der Waals surface area contributed by atoms with Crippen molar-refractivity contribution in [1.29, 1.82) is 0 Å². The van der Waals surface area contributed by atoms with Crippen LogP contribution in [0.4, 0.5) is 4.39 Å². The van der Waals surface area contributed by atoms with Gasteiger partial charge < -0.3 is 10.1 Å². The molecule has 1 aromatic rings. The Kier molecular flexibility index (Phi) is 4.24. The van der Waals surface area contributed by atoms with Crippen molar-refractivity contribution in [2.45, 2.75) is 6.92 Å². The van der Waals surface area contributed by atoms with Gasteiger partial charge in [0, 0.05) is 13.7 Å². The van der Waals surface area contributed by atoms with Gasteiger partial charge >= 0.3 is 0 Å². The van der Waals surface area contributed by atoms with Crippen LogP contribution in [0, 0.1) is 12.7 Å². The minimum Gasteiger partial charge on any atom is -0.383 e. The first-order valence-corrected chi connectivity index (χ1v) is 4.68. The highest BCUT2D eigenvalue weighted by Gasteiger charge is 2.10. The number of methoxy groups -OCH3 is 1. The number of hydrogen-bond acceptors (Lipinski definition) is 2. The summed E-state index contributed by atoms with van der Waals surface area (Å²) in [5.41, 5.74) is 0.859. The summed E-state index contributed by atoms with van der Waals surface area (Å²) >= 11 is 0. The number of halogens is 1. The fourth-order valence-corrected chi connectivity index (χ4v) is 1.17. The van der Waals surface area contributed by atoms with Gasteiger partial charge in [0.1, 0.15) is 5.82 Å². The number of benzene rings is 1. The van der Waals surface area contributed by atoms with Gasteiger partial charge in [-0.15, -0.1) is 0 Å². The monoisotopic (exact) mass is 211 g/mol. The Morgan fingerprint density at radius 2 is 2.27 bits per heavy atom. The zero-order valence-electron chi connectivity index (χ0n) is 8.84. The van der Waals surface area contributed by atoms with E-state index >= 15 is 0 Å². The van der Waals surface area contributed by atoms with Crippen LogP contribution in [0.2, 0.25) is 0 Å². The summed E-state index contributed by atoms with van der Waals surface area (Å²) in [4.78, 5) is 11.4. The number of carbonyl (C=O) groups is 1. The fourth-order valence-electron chi connectivity index (χ4n) is 1.17. The lowest BCUT2D eigenvalue weighted by Gasteiger charge is -2.05. The summed E-state index contributed by atoms with van der Waals surface area (Å²) in [6.45, 7) is 2.57. The van der Waals surface area contributed by atoms with Crippen molar-refractivity contribution < 1.29 is 13.9 Å². The van der Waals surface area contributed by atoms with E-state index in [0.29, 0.717) is 13.2 Å². The van der Waals surface area contributed by atoms with Crippen LogP contribution in [0.15, 0.2) is 18.2 Å². The highest BCUT2D eigenvalue weighted by molar-refractivity contribution is 5.94. The van der Waals surface area contributed by atoms with Crippen LogP contribution in [0.5, 0.6) is 0 Å². The Hall–Kier alpha value is -1.42. The highest BCUT2D eigenvalue weighted by atomic mass is 19.1. The molecule has 0 aliphatic heterocycles. The van der Waals surface area contributed by atoms with Gasteiger partial charge in [0.25, 0.3) is 5.91 Å². The van der Waals surface area contributed by atoms with E-state index in [9.17, 15) is 9.18 Å². The van der Waals surface area contributed by atoms with E-state index in [1.807, 2.05) is 0 Å². The second kappa shape index (κ2) is 5.46. The zero-order chi connectivity index (χ0) is 11.3. The van der Waals surface area contributed by atoms with Gasteiger partial charge in [-0.2, -0.15) is 0 Å². The summed E-state index contributed by atoms with van der Waals surface area (Å²) in [6, 6.07) is 4.52. The summed E-state index contributed by atoms with van der Waals surface area (Å²) in [5.74, 6) is -0.908. The molecule has 0 radical (unpaired) electrons. The third-order valence-electron chi connectivity index (χ3n) is 1.96. The lowest BCUT2D eigenvalue weighted by molar-refractivity contribution is 0.0933. The molecule has 0 saturated carbocycles. The molecule has 0 saturated heterocycles. The largest absolute Gasteiger partial charge is 0.383 e. The molecule has 0 bridgehead atoms. The van der Waals surface area contributed by atoms with Crippen LogP contribution in [0.3, 0.4) is 0 Å². The van der Waals surface area contributed by atoms with Crippen molar-refractivity contribution >= 4 is 5.91 Å². The maximum Gasteiger partial charge on any atom is 0.254 e. The molecule has 15 heavy (non-hydrogen) atoms. The van der Waals surface area contributed by atoms with Gasteiger partial charge in [-0.1, -0.05) is 6.07 Å². The number of amides is 1. The molecule has 0 heterocycles. The average Bonchev–Trinajstić information content (AvgIpc) is 2.17. The number of rotatable bonds is 4. The van der Waals surface area contributed by atoms with E-state index in [0.717, 1.165) is 5.56 Å². The van der Waals surface area contributed by atoms with Gasteiger partial charge in [0.15, 0.2) is 0 Å². The van der Waals surface area contributed by atoms with Crippen LogP contribution in [0.25, 0.3) is 0 Å². The average molecular weight is 211 g/mol. The third kappa shape index (κ3) is 3.32. The highest BCUT2D eigenvalue weighted by Crippen LogP contribution is 2.09. The second-order valence-corrected chi connectivity index (χ2v) is 3.23. The van der Waals surface area contributed by atoms with E-state index in [4.69, 9.17) is 4.74 Å². The molecule has 4 heteroatoms. The number of carbonyl (C=O) groups excluding carboxylic acids is 1. The topological polar surface area (TPSA) is 38.3 Å². The predicted octanol–water partition coefficient (Wildman–Crippen LogP) is 1.51. The SMILES string of the molecule is COCCNC(=O)c1ccc(C)cc1F. The fraction of sp³-hybridized carbons (Fsp3) is 0.364. The van der Waals surface area contributed by atoms with Crippen molar-refractivity contribution in [3.05, 3.63) is 35.1 Å². The van der Waals surface area contributed by atoms with Crippen molar-refractivity contribution in [1.82, 2.24) is 5.32 Å². The van der Waals surface area contributed by atoms with Crippen molar-refractivity contribution in [3.8, 4) is 0 Å². The van der Waals surface area contributed by atoms with Gasteiger partial charge in [-0.25, -0.2) is 4.39 Å². The Balaban J connectivity index is 2.65. The first kappa shape index (κ1) is 11.7. The second-order valence-electron chi connectivity index (χ2n) is 3.23. The molecular formula is C11H14FNO2. The van der Waals surface area contributed by atoms with E-state index in [2.05, 4.69) is 5.32 Å². The Bertz CT molecular complexity index is 352.